The molecule has 21 heavy (non-hydrogen) atoms. The summed E-state index contributed by atoms with van der Waals surface area (Å²) in [6.07, 6.45) is -4.59. The summed E-state index contributed by atoms with van der Waals surface area (Å²) >= 11 is 5.79. The highest BCUT2D eigenvalue weighted by Crippen LogP contribution is 2.37. The summed E-state index contributed by atoms with van der Waals surface area (Å²) in [6, 6.07) is 6.79. The van der Waals surface area contributed by atoms with Gasteiger partial charge in [-0.25, -0.2) is 4.39 Å². The van der Waals surface area contributed by atoms with Crippen LogP contribution in [0.5, 0.6) is 5.75 Å². The third-order valence-corrected chi connectivity index (χ3v) is 3.06. The first kappa shape index (κ1) is 15.4. The molecule has 2 aromatic carbocycles. The number of hydrogen-bond donors (Lipinski definition) is 1. The van der Waals surface area contributed by atoms with Crippen LogP contribution < -0.4 is 10.5 Å². The van der Waals surface area contributed by atoms with Crippen molar-refractivity contribution in [3.05, 3.63) is 58.4 Å². The molecule has 0 saturated carbocycles. The van der Waals surface area contributed by atoms with Gasteiger partial charge in [-0.1, -0.05) is 17.7 Å². The van der Waals surface area contributed by atoms with Gasteiger partial charge in [0.2, 0.25) is 0 Å². The monoisotopic (exact) mass is 319 g/mol. The second kappa shape index (κ2) is 5.81. The zero-order chi connectivity index (χ0) is 15.6. The smallest absolute Gasteiger partial charge is 0.420 e. The molecule has 0 spiro atoms. The van der Waals surface area contributed by atoms with Crippen molar-refractivity contribution in [2.45, 2.75) is 12.8 Å². The van der Waals surface area contributed by atoms with Crippen LogP contribution in [0.25, 0.3) is 0 Å². The zero-order valence-electron chi connectivity index (χ0n) is 10.5. The van der Waals surface area contributed by atoms with Crippen molar-refractivity contribution in [1.82, 2.24) is 0 Å². The van der Waals surface area contributed by atoms with Crippen LogP contribution in [0.2, 0.25) is 5.02 Å². The number of alkyl halides is 3. The van der Waals surface area contributed by atoms with E-state index < -0.39 is 17.6 Å². The van der Waals surface area contributed by atoms with Crippen LogP contribution in [0.1, 0.15) is 11.1 Å². The van der Waals surface area contributed by atoms with Crippen LogP contribution in [0.3, 0.4) is 0 Å². The molecule has 2 rings (SSSR count). The summed E-state index contributed by atoms with van der Waals surface area (Å²) < 4.78 is 56.7. The molecule has 0 saturated heterocycles. The summed E-state index contributed by atoms with van der Waals surface area (Å²) in [5.74, 6) is -0.899. The predicted octanol–water partition coefficient (Wildman–Crippen LogP) is 4.66. The Morgan fingerprint density at radius 1 is 1.10 bits per heavy atom. The van der Waals surface area contributed by atoms with Crippen LogP contribution in [0.4, 0.5) is 23.2 Å². The molecular formula is C14H10ClF4NO. The minimum absolute atomic E-state index is 0.0190. The van der Waals surface area contributed by atoms with E-state index in [9.17, 15) is 17.6 Å². The maximum absolute atomic E-state index is 12.9. The summed E-state index contributed by atoms with van der Waals surface area (Å²) in [4.78, 5) is 0. The SMILES string of the molecule is Nc1ccc(OCc2ccc(F)cc2Cl)c(C(F)(F)F)c1. The van der Waals surface area contributed by atoms with Gasteiger partial charge in [-0.2, -0.15) is 13.2 Å². The molecule has 0 aromatic heterocycles. The van der Waals surface area contributed by atoms with E-state index in [0.717, 1.165) is 24.3 Å². The normalized spacial score (nSPS) is 11.5. The Kier molecular flexibility index (Phi) is 4.27. The fraction of sp³-hybridized carbons (Fsp3) is 0.143. The van der Waals surface area contributed by atoms with Gasteiger partial charge in [-0.15, -0.1) is 0 Å². The Bertz CT molecular complexity index is 658. The van der Waals surface area contributed by atoms with Crippen molar-refractivity contribution in [1.29, 1.82) is 0 Å². The lowest BCUT2D eigenvalue weighted by molar-refractivity contribution is -0.139. The number of nitrogens with two attached hydrogens (primary N) is 1. The molecule has 0 aliphatic rings. The van der Waals surface area contributed by atoms with E-state index in [0.29, 0.717) is 5.56 Å². The van der Waals surface area contributed by atoms with E-state index >= 15 is 0 Å². The van der Waals surface area contributed by atoms with Crippen molar-refractivity contribution < 1.29 is 22.3 Å². The largest absolute Gasteiger partial charge is 0.488 e. The molecule has 112 valence electrons. The minimum atomic E-state index is -4.59. The quantitative estimate of drug-likeness (QED) is 0.659. The molecule has 7 heteroatoms. The van der Waals surface area contributed by atoms with E-state index in [1.54, 1.807) is 0 Å². The first-order valence-corrected chi connectivity index (χ1v) is 6.18. The molecule has 0 radical (unpaired) electrons. The number of anilines is 1. The maximum Gasteiger partial charge on any atom is 0.420 e. The van der Waals surface area contributed by atoms with E-state index in [2.05, 4.69) is 0 Å². The Hall–Kier alpha value is -1.95. The van der Waals surface area contributed by atoms with Gasteiger partial charge in [0.25, 0.3) is 0 Å². The van der Waals surface area contributed by atoms with Gasteiger partial charge in [0.1, 0.15) is 18.2 Å². The van der Waals surface area contributed by atoms with Crippen LogP contribution in [-0.4, -0.2) is 0 Å². The molecule has 0 aliphatic heterocycles. The Balaban J connectivity index is 2.24. The molecular weight excluding hydrogens is 310 g/mol. The average Bonchev–Trinajstić information content (AvgIpc) is 2.38. The van der Waals surface area contributed by atoms with E-state index in [-0.39, 0.29) is 23.1 Å². The Morgan fingerprint density at radius 2 is 1.81 bits per heavy atom. The molecule has 0 atom stereocenters. The molecule has 0 bridgehead atoms. The lowest BCUT2D eigenvalue weighted by Gasteiger charge is -2.15. The number of nitrogen functional groups attached to an aromatic ring is 1. The van der Waals surface area contributed by atoms with Crippen molar-refractivity contribution in [2.75, 3.05) is 5.73 Å². The van der Waals surface area contributed by atoms with Gasteiger partial charge in [-0.05, 0) is 30.3 Å². The molecule has 2 N–H and O–H groups in total. The summed E-state index contributed by atoms with van der Waals surface area (Å²) in [6.45, 7) is -0.216. The first-order valence-electron chi connectivity index (χ1n) is 5.81. The number of hydrogen-bond acceptors (Lipinski definition) is 2. The topological polar surface area (TPSA) is 35.2 Å². The fourth-order valence-electron chi connectivity index (χ4n) is 1.69. The lowest BCUT2D eigenvalue weighted by Crippen LogP contribution is -2.09. The molecule has 0 amide bonds. The van der Waals surface area contributed by atoms with Gasteiger partial charge in [0, 0.05) is 11.3 Å². The average molecular weight is 320 g/mol. The summed E-state index contributed by atoms with van der Waals surface area (Å²) in [7, 11) is 0. The number of halogens is 5. The highest BCUT2D eigenvalue weighted by atomic mass is 35.5. The zero-order valence-corrected chi connectivity index (χ0v) is 11.3. The van der Waals surface area contributed by atoms with Crippen LogP contribution in [0, 0.1) is 5.82 Å². The van der Waals surface area contributed by atoms with E-state index in [1.807, 2.05) is 0 Å². The summed E-state index contributed by atoms with van der Waals surface area (Å²) in [5.41, 5.74) is 4.74. The highest BCUT2D eigenvalue weighted by molar-refractivity contribution is 6.31. The minimum Gasteiger partial charge on any atom is -0.488 e. The number of ether oxygens (including phenoxy) is 1. The Labute approximate surface area is 123 Å². The van der Waals surface area contributed by atoms with Gasteiger partial charge >= 0.3 is 6.18 Å². The molecule has 2 nitrogen and oxygen atoms in total. The van der Waals surface area contributed by atoms with Gasteiger partial charge in [0.05, 0.1) is 10.6 Å². The predicted molar refractivity (Wildman–Crippen MR) is 71.6 cm³/mol. The van der Waals surface area contributed by atoms with Crippen molar-refractivity contribution in [2.24, 2.45) is 0 Å². The maximum atomic E-state index is 12.9. The van der Waals surface area contributed by atoms with Gasteiger partial charge in [-0.3, -0.25) is 0 Å². The lowest BCUT2D eigenvalue weighted by atomic mass is 10.1. The van der Waals surface area contributed by atoms with Crippen LogP contribution in [-0.2, 0) is 12.8 Å². The van der Waals surface area contributed by atoms with Gasteiger partial charge in [0.15, 0.2) is 0 Å². The Morgan fingerprint density at radius 3 is 2.43 bits per heavy atom. The van der Waals surface area contributed by atoms with Crippen LogP contribution in [0.15, 0.2) is 36.4 Å². The second-order valence-corrected chi connectivity index (χ2v) is 4.68. The van der Waals surface area contributed by atoms with Gasteiger partial charge < -0.3 is 10.5 Å². The highest BCUT2D eigenvalue weighted by Gasteiger charge is 2.34. The molecule has 0 heterocycles. The van der Waals surface area contributed by atoms with E-state index in [4.69, 9.17) is 22.1 Å². The first-order chi connectivity index (χ1) is 9.77. The molecule has 0 unspecified atom stereocenters. The molecule has 0 fully saturated rings. The van der Waals surface area contributed by atoms with Crippen molar-refractivity contribution >= 4 is 17.3 Å². The van der Waals surface area contributed by atoms with Crippen molar-refractivity contribution in [3.8, 4) is 5.75 Å². The van der Waals surface area contributed by atoms with E-state index in [1.165, 1.54) is 12.1 Å². The fourth-order valence-corrected chi connectivity index (χ4v) is 1.91. The second-order valence-electron chi connectivity index (χ2n) is 4.28. The summed E-state index contributed by atoms with van der Waals surface area (Å²) in [5, 5.41) is 0.0824. The standard InChI is InChI=1S/C14H10ClF4NO/c15-12-5-9(16)2-1-8(12)7-21-13-4-3-10(20)6-11(13)14(17,18)19/h1-6H,7,20H2. The van der Waals surface area contributed by atoms with Crippen LogP contribution >= 0.6 is 11.6 Å². The molecule has 0 aliphatic carbocycles. The number of rotatable bonds is 3. The number of benzene rings is 2. The third kappa shape index (κ3) is 3.78. The third-order valence-electron chi connectivity index (χ3n) is 2.71. The van der Waals surface area contributed by atoms with Crippen molar-refractivity contribution in [3.63, 3.8) is 0 Å². The molecule has 2 aromatic rings.